The maximum Gasteiger partial charge on any atom is 0.243 e. The highest BCUT2D eigenvalue weighted by atomic mass is 32.2. The molecule has 1 fully saturated rings. The second-order valence-electron chi connectivity index (χ2n) is 7.01. The predicted octanol–water partition coefficient (Wildman–Crippen LogP) is 3.32. The Morgan fingerprint density at radius 1 is 0.889 bits per heavy atom. The van der Waals surface area contributed by atoms with Gasteiger partial charge in [-0.3, -0.25) is 0 Å². The van der Waals surface area contributed by atoms with Crippen LogP contribution in [0.5, 0.6) is 0 Å². The third-order valence-corrected chi connectivity index (χ3v) is 6.93. The van der Waals surface area contributed by atoms with Crippen LogP contribution < -0.4 is 5.32 Å². The van der Waals surface area contributed by atoms with E-state index in [2.05, 4.69) is 37.4 Å². The monoisotopic (exact) mass is 403 g/mol. The van der Waals surface area contributed by atoms with Gasteiger partial charge >= 0.3 is 0 Å². The van der Waals surface area contributed by atoms with E-state index in [0.29, 0.717) is 36.2 Å². The fourth-order valence-corrected chi connectivity index (χ4v) is 4.96. The Hall–Kier alpha value is -1.96. The van der Waals surface area contributed by atoms with Crippen molar-refractivity contribution in [2.24, 2.45) is 0 Å². The van der Waals surface area contributed by atoms with Crippen LogP contribution in [-0.4, -0.2) is 48.9 Å². The van der Waals surface area contributed by atoms with Gasteiger partial charge in [0.1, 0.15) is 0 Å². The van der Waals surface area contributed by atoms with Gasteiger partial charge in [0.2, 0.25) is 10.0 Å². The molecule has 144 valence electrons. The summed E-state index contributed by atoms with van der Waals surface area (Å²) >= 11 is 5.53. The molecule has 0 unspecified atom stereocenters. The summed E-state index contributed by atoms with van der Waals surface area (Å²) < 4.78 is 27.1. The van der Waals surface area contributed by atoms with Gasteiger partial charge < -0.3 is 10.2 Å². The van der Waals surface area contributed by atoms with Crippen molar-refractivity contribution >= 4 is 33.0 Å². The Morgan fingerprint density at radius 2 is 1.44 bits per heavy atom. The van der Waals surface area contributed by atoms with E-state index in [1.165, 1.54) is 15.4 Å². The Morgan fingerprint density at radius 3 is 2.00 bits per heavy atom. The van der Waals surface area contributed by atoms with Crippen LogP contribution in [0.4, 0.5) is 5.69 Å². The normalized spacial score (nSPS) is 15.6. The molecule has 0 aliphatic carbocycles. The number of benzene rings is 2. The van der Waals surface area contributed by atoms with Crippen LogP contribution in [0.1, 0.15) is 16.7 Å². The summed E-state index contributed by atoms with van der Waals surface area (Å²) in [7, 11) is -3.46. The number of hydrogen-bond donors (Lipinski definition) is 1. The van der Waals surface area contributed by atoms with Gasteiger partial charge in [0.25, 0.3) is 0 Å². The van der Waals surface area contributed by atoms with Crippen molar-refractivity contribution in [3.05, 3.63) is 59.2 Å². The molecule has 3 rings (SSSR count). The summed E-state index contributed by atoms with van der Waals surface area (Å²) in [4.78, 5) is 2.37. The summed E-state index contributed by atoms with van der Waals surface area (Å²) in [6, 6.07) is 13.2. The van der Waals surface area contributed by atoms with Crippen molar-refractivity contribution < 1.29 is 8.42 Å². The van der Waals surface area contributed by atoms with Gasteiger partial charge in [-0.25, -0.2) is 8.42 Å². The topological polar surface area (TPSA) is 52.7 Å². The fourth-order valence-electron chi connectivity index (χ4n) is 3.24. The highest BCUT2D eigenvalue weighted by Crippen LogP contribution is 2.19. The Labute approximate surface area is 167 Å². The number of thiocarbonyl (C=S) groups is 1. The van der Waals surface area contributed by atoms with Crippen LogP contribution in [-0.2, 0) is 10.0 Å². The van der Waals surface area contributed by atoms with Crippen LogP contribution >= 0.6 is 12.2 Å². The standard InChI is InChI=1S/C20H25N3O2S2/c1-15-4-6-19(7-5-15)27(24,25)23-10-8-22(9-11-23)20(26)21-18-13-16(2)12-17(3)14-18/h4-7,12-14H,8-11H2,1-3H3,(H,21,26). The Bertz CT molecular complexity index is 912. The highest BCUT2D eigenvalue weighted by molar-refractivity contribution is 7.89. The lowest BCUT2D eigenvalue weighted by atomic mass is 10.1. The average molecular weight is 404 g/mol. The van der Waals surface area contributed by atoms with Crippen LogP contribution in [0.3, 0.4) is 0 Å². The van der Waals surface area contributed by atoms with E-state index in [9.17, 15) is 8.42 Å². The zero-order valence-electron chi connectivity index (χ0n) is 15.9. The third-order valence-electron chi connectivity index (χ3n) is 4.66. The van der Waals surface area contributed by atoms with E-state index in [-0.39, 0.29) is 0 Å². The minimum absolute atomic E-state index is 0.345. The molecule has 0 aromatic heterocycles. The van der Waals surface area contributed by atoms with Gasteiger partial charge in [-0.1, -0.05) is 23.8 Å². The summed E-state index contributed by atoms with van der Waals surface area (Å²) in [5.74, 6) is 0. The molecule has 1 aliphatic rings. The molecule has 1 heterocycles. The fraction of sp³-hybridized carbons (Fsp3) is 0.350. The molecular formula is C20H25N3O2S2. The van der Waals surface area contributed by atoms with Crippen LogP contribution in [0.25, 0.3) is 0 Å². The molecule has 1 aliphatic heterocycles. The van der Waals surface area contributed by atoms with Crippen molar-refractivity contribution in [1.82, 2.24) is 9.21 Å². The number of hydrogen-bond acceptors (Lipinski definition) is 3. The first-order valence-corrected chi connectivity index (χ1v) is 10.8. The van der Waals surface area contributed by atoms with Gasteiger partial charge in [0.15, 0.2) is 5.11 Å². The van der Waals surface area contributed by atoms with Gasteiger partial charge in [0.05, 0.1) is 4.90 Å². The number of piperazine rings is 1. The maximum absolute atomic E-state index is 12.8. The molecule has 1 saturated heterocycles. The largest absolute Gasteiger partial charge is 0.346 e. The van der Waals surface area contributed by atoms with Crippen LogP contribution in [0.2, 0.25) is 0 Å². The summed E-state index contributed by atoms with van der Waals surface area (Å²) in [6.45, 7) is 8.03. The predicted molar refractivity (Wildman–Crippen MR) is 114 cm³/mol. The first kappa shape index (κ1) is 19.8. The summed E-state index contributed by atoms with van der Waals surface area (Å²) in [5.41, 5.74) is 4.36. The Balaban J connectivity index is 1.62. The van der Waals surface area contributed by atoms with E-state index >= 15 is 0 Å². The van der Waals surface area contributed by atoms with E-state index < -0.39 is 10.0 Å². The lowest BCUT2D eigenvalue weighted by Crippen LogP contribution is -2.51. The molecule has 7 heteroatoms. The highest BCUT2D eigenvalue weighted by Gasteiger charge is 2.29. The van der Waals surface area contributed by atoms with E-state index in [1.807, 2.05) is 24.0 Å². The first-order valence-electron chi connectivity index (χ1n) is 8.97. The summed E-state index contributed by atoms with van der Waals surface area (Å²) in [5, 5.41) is 3.91. The Kier molecular flexibility index (Phi) is 5.83. The summed E-state index contributed by atoms with van der Waals surface area (Å²) in [6.07, 6.45) is 0. The SMILES string of the molecule is Cc1ccc(S(=O)(=O)N2CCN(C(=S)Nc3cc(C)cc(C)c3)CC2)cc1. The van der Waals surface area contributed by atoms with Gasteiger partial charge in [-0.2, -0.15) is 4.31 Å². The zero-order valence-corrected chi connectivity index (χ0v) is 17.5. The molecule has 0 radical (unpaired) electrons. The zero-order chi connectivity index (χ0) is 19.6. The smallest absolute Gasteiger partial charge is 0.243 e. The van der Waals surface area contributed by atoms with Gasteiger partial charge in [-0.15, -0.1) is 0 Å². The van der Waals surface area contributed by atoms with Crippen LogP contribution in [0, 0.1) is 20.8 Å². The third kappa shape index (κ3) is 4.66. The number of anilines is 1. The van der Waals surface area contributed by atoms with Gasteiger partial charge in [-0.05, 0) is 68.4 Å². The van der Waals surface area contributed by atoms with Crippen molar-refractivity contribution in [1.29, 1.82) is 0 Å². The van der Waals surface area contributed by atoms with Crippen molar-refractivity contribution in [2.45, 2.75) is 25.7 Å². The number of aryl methyl sites for hydroxylation is 3. The average Bonchev–Trinajstić information content (AvgIpc) is 2.61. The quantitative estimate of drug-likeness (QED) is 0.797. The van der Waals surface area contributed by atoms with Gasteiger partial charge in [0, 0.05) is 31.9 Å². The molecule has 0 saturated carbocycles. The lowest BCUT2D eigenvalue weighted by molar-refractivity contribution is 0.268. The second kappa shape index (κ2) is 7.96. The lowest BCUT2D eigenvalue weighted by Gasteiger charge is -2.35. The second-order valence-corrected chi connectivity index (χ2v) is 9.34. The van der Waals surface area contributed by atoms with Crippen molar-refractivity contribution in [2.75, 3.05) is 31.5 Å². The number of sulfonamides is 1. The first-order chi connectivity index (χ1) is 12.8. The van der Waals surface area contributed by atoms with Crippen molar-refractivity contribution in [3.63, 3.8) is 0 Å². The molecule has 1 N–H and O–H groups in total. The minimum atomic E-state index is -3.46. The molecular weight excluding hydrogens is 378 g/mol. The molecule has 2 aromatic rings. The molecule has 0 spiro atoms. The van der Waals surface area contributed by atoms with E-state index in [4.69, 9.17) is 12.2 Å². The minimum Gasteiger partial charge on any atom is -0.346 e. The number of nitrogens with one attached hydrogen (secondary N) is 1. The molecule has 5 nitrogen and oxygen atoms in total. The molecule has 0 amide bonds. The molecule has 2 aromatic carbocycles. The van der Waals surface area contributed by atoms with E-state index in [0.717, 1.165) is 11.3 Å². The molecule has 27 heavy (non-hydrogen) atoms. The van der Waals surface area contributed by atoms with E-state index in [1.54, 1.807) is 12.1 Å². The number of rotatable bonds is 3. The maximum atomic E-state index is 12.8. The van der Waals surface area contributed by atoms with Crippen molar-refractivity contribution in [3.8, 4) is 0 Å². The van der Waals surface area contributed by atoms with Crippen LogP contribution in [0.15, 0.2) is 47.4 Å². The number of nitrogens with zero attached hydrogens (tertiary/aromatic N) is 2. The molecule has 0 atom stereocenters. The molecule has 0 bridgehead atoms.